The van der Waals surface area contributed by atoms with Crippen molar-refractivity contribution in [2.45, 2.75) is 291 Å². The summed E-state index contributed by atoms with van der Waals surface area (Å²) >= 11 is 0. The van der Waals surface area contributed by atoms with Crippen LogP contribution in [0.25, 0.3) is 32.7 Å². The smallest absolute Gasteiger partial charge is 0.410 e. The summed E-state index contributed by atoms with van der Waals surface area (Å²) in [5.41, 5.74) is -0.311. The van der Waals surface area contributed by atoms with Gasteiger partial charge in [0.1, 0.15) is 88.7 Å². The van der Waals surface area contributed by atoms with Crippen LogP contribution in [-0.2, 0) is 107 Å². The number of aliphatic carboxylic acids is 1. The zero-order chi connectivity index (χ0) is 103. The number of hydrogen-bond donors (Lipinski definition) is 7. The number of nitrogens with zero attached hydrogens (tertiary/aromatic N) is 10. The number of fused-ring (bicyclic) bond motifs is 5. The Morgan fingerprint density at radius 1 is 0.450 bits per heavy atom. The van der Waals surface area contributed by atoms with Crippen molar-refractivity contribution in [2.75, 3.05) is 46.9 Å². The van der Waals surface area contributed by atoms with Crippen molar-refractivity contribution in [3.63, 3.8) is 0 Å². The highest BCUT2D eigenvalue weighted by Crippen LogP contribution is 2.45. The molecule has 12 atom stereocenters. The van der Waals surface area contributed by atoms with E-state index >= 15 is 24.0 Å². The Labute approximate surface area is 816 Å². The van der Waals surface area contributed by atoms with Crippen LogP contribution in [-0.4, -0.2) is 262 Å². The van der Waals surface area contributed by atoms with Crippen molar-refractivity contribution in [1.29, 1.82) is 0 Å². The second kappa shape index (κ2) is 44.8. The van der Waals surface area contributed by atoms with E-state index in [2.05, 4.69) is 52.5 Å². The molecule has 37 heteroatoms. The molecule has 2 aromatic heterocycles. The summed E-state index contributed by atoms with van der Waals surface area (Å²) in [5.74, 6) is -8.43. The molecule has 2 saturated heterocycles. The molecule has 0 bridgehead atoms. The quantitative estimate of drug-likeness (QED) is 0.0142. The summed E-state index contributed by atoms with van der Waals surface area (Å²) in [6.07, 6.45) is -2.32. The Kier molecular flexibility index (Phi) is 34.2. The monoisotopic (exact) mass is 1930 g/mol. The molecule has 4 heterocycles. The van der Waals surface area contributed by atoms with Crippen molar-refractivity contribution in [3.05, 3.63) is 179 Å². The van der Waals surface area contributed by atoms with Crippen LogP contribution < -0.4 is 31.9 Å². The molecule has 10 amide bonds. The van der Waals surface area contributed by atoms with Gasteiger partial charge in [0.15, 0.2) is 12.1 Å². The molecule has 754 valence electrons. The van der Waals surface area contributed by atoms with Gasteiger partial charge in [-0.25, -0.2) is 38.1 Å². The van der Waals surface area contributed by atoms with Crippen LogP contribution in [0.5, 0.6) is 0 Å². The Bertz CT molecular complexity index is 5790. The minimum absolute atomic E-state index is 0.00683. The molecule has 6 aromatic carbocycles. The van der Waals surface area contributed by atoms with Crippen LogP contribution in [0.4, 0.5) is 14.4 Å². The van der Waals surface area contributed by atoms with Crippen LogP contribution in [0.3, 0.4) is 0 Å². The third-order valence-electron chi connectivity index (χ3n) is 24.4. The van der Waals surface area contributed by atoms with Gasteiger partial charge in [0, 0.05) is 59.0 Å². The molecule has 11 rings (SSSR count). The largest absolute Gasteiger partial charge is 0.480 e. The van der Waals surface area contributed by atoms with E-state index in [1.807, 2.05) is 121 Å². The highest BCUT2D eigenvalue weighted by molar-refractivity contribution is 5.98. The number of carbonyl (C=O) groups is 13. The van der Waals surface area contributed by atoms with Gasteiger partial charge >= 0.3 is 36.2 Å². The number of rotatable bonds is 36. The van der Waals surface area contributed by atoms with Crippen molar-refractivity contribution >= 4 is 99.1 Å². The lowest BCUT2D eigenvalue weighted by molar-refractivity contribution is -0.160. The molecule has 0 radical (unpaired) electrons. The van der Waals surface area contributed by atoms with Crippen LogP contribution in [0.15, 0.2) is 146 Å². The Balaban J connectivity index is 0.847. The van der Waals surface area contributed by atoms with Gasteiger partial charge in [-0.15, -0.1) is 10.2 Å². The summed E-state index contributed by atoms with van der Waals surface area (Å²) in [6.45, 7) is 32.1. The number of amides is 10. The highest BCUT2D eigenvalue weighted by Gasteiger charge is 2.51. The van der Waals surface area contributed by atoms with E-state index in [-0.39, 0.29) is 95.2 Å². The first-order valence-electron chi connectivity index (χ1n) is 47.4. The van der Waals surface area contributed by atoms with E-state index in [9.17, 15) is 43.5 Å². The minimum Gasteiger partial charge on any atom is -0.480 e. The molecule has 0 spiro atoms. The average Bonchev–Trinajstić information content (AvgIpc) is 1.61. The zero-order valence-corrected chi connectivity index (χ0v) is 84.1. The summed E-state index contributed by atoms with van der Waals surface area (Å²) < 4.78 is 44.5. The SMILES string of the molecule is C[C@@H](C(=O)N[C@H](C(=O)N1CC[C@H](OCc2cn([C@@H](CCNC(=O)[C@H](Cc3ccc4ccccc4c3)NC(=O)[C@@H]3[C@@H](OCc4cn([C@@H](CCNC(=O)OCC5c6ccccc6-c6ccccc65)C(=O)OC(C)(C)C)nn4)CCN3C(=O)[C@@H](NC(=O)[C@H](C)N(C)C(=O)OC(C)(C)C)C(C)(C)C)C(=O)OC(C)(C)C)nn2)[C@H]1C(=O)N[C@@H](Cc1ccc2ccccc2c1)C(=O)O)C(C)(C)C)N(C)C(=O)OC(C)(C)C. The number of likely N-dealkylation sites (tertiary alicyclic amines) is 2. The zero-order valence-electron chi connectivity index (χ0n) is 84.1. The predicted molar refractivity (Wildman–Crippen MR) is 519 cm³/mol. The van der Waals surface area contributed by atoms with Crippen LogP contribution in [0, 0.1) is 10.8 Å². The fourth-order valence-corrected chi connectivity index (χ4v) is 16.9. The van der Waals surface area contributed by atoms with Gasteiger partial charge in [-0.1, -0.05) is 185 Å². The Morgan fingerprint density at radius 3 is 1.21 bits per heavy atom. The highest BCUT2D eigenvalue weighted by atomic mass is 16.6. The number of aromatic nitrogens is 6. The number of carboxylic acid groups (broad SMARTS) is 1. The van der Waals surface area contributed by atoms with E-state index in [0.29, 0.717) is 11.1 Å². The number of nitrogens with one attached hydrogen (secondary N) is 6. The summed E-state index contributed by atoms with van der Waals surface area (Å²) in [5, 5.41) is 48.7. The van der Waals surface area contributed by atoms with Gasteiger partial charge in [0.2, 0.25) is 41.4 Å². The fraction of sp³-hybridized carbons (Fsp3) is 0.524. The maximum Gasteiger partial charge on any atom is 0.410 e. The standard InChI is InChI=1S/C103H136N16O21/c1-60(114(21)96(132)139-102(15,16)17)85(120)108-83(98(3,4)5)90(125)116-49-45-79(134-57-69-56-119(113-111-69)78(94(130)138-101(12,13)14)44-48-105-95(131)136-59-74-72-37-29-27-35-70(72)71-36-28-30-38-73(71)74)81(116)88(123)106-75(53-62-39-41-64-31-23-25-33-66(64)51-62)87(122)104-47-43-77(93(129)137-100(9,10)11)118-55-68(110-112-118)58-135-80-46-50-117(91(126)84(99(6,7)8)109-86(121)61(2)115(22)97(133)140-103(18,19)20)82(80)89(124)107-76(92(127)128)54-63-40-42-65-32-24-26-34-67(65)52-63/h23-42,51-52,55-56,60-61,74-84H,43-50,53-54,57-59H2,1-22H3,(H,104,122)(H,105,131)(H,106,123)(H,107,124)(H,108,120)(H,109,121)(H,127,128)/t60-,61-,75-,76-,77-,78-,79-,80-,81-,82-,83+,84+/m0/s1. The van der Waals surface area contributed by atoms with Gasteiger partial charge in [-0.3, -0.25) is 43.4 Å². The maximum absolute atomic E-state index is 16.0. The number of carbonyl (C=O) groups excluding carboxylic acids is 12. The van der Waals surface area contributed by atoms with Crippen molar-refractivity contribution in [1.82, 2.24) is 81.5 Å². The lowest BCUT2D eigenvalue weighted by Crippen LogP contribution is -2.62. The number of ether oxygens (including phenoxy) is 7. The first-order chi connectivity index (χ1) is 65.6. The number of alkyl carbamates (subject to hydrolysis) is 1. The third-order valence-corrected chi connectivity index (χ3v) is 24.4. The van der Waals surface area contributed by atoms with E-state index < -0.39 is 190 Å². The molecule has 8 aromatic rings. The molecule has 140 heavy (non-hydrogen) atoms. The second-order valence-corrected chi connectivity index (χ2v) is 42.2. The van der Waals surface area contributed by atoms with Crippen LogP contribution >= 0.6 is 0 Å². The average molecular weight is 1930 g/mol. The number of likely N-dealkylation sites (N-methyl/N-ethyl adjacent to an activating group) is 2. The topological polar surface area (TPSA) is 453 Å². The molecule has 1 aliphatic carbocycles. The number of hydrogen-bond acceptors (Lipinski definition) is 24. The lowest BCUT2D eigenvalue weighted by Gasteiger charge is -2.37. The van der Waals surface area contributed by atoms with Crippen molar-refractivity contribution in [2.24, 2.45) is 10.8 Å². The van der Waals surface area contributed by atoms with Crippen LogP contribution in [0.2, 0.25) is 0 Å². The molecule has 3 aliphatic rings. The second-order valence-electron chi connectivity index (χ2n) is 42.2. The molecule has 0 unspecified atom stereocenters. The molecular formula is C103H136N16O21. The van der Waals surface area contributed by atoms with Gasteiger partial charge in [-0.2, -0.15) is 0 Å². The maximum atomic E-state index is 16.0. The molecular weight excluding hydrogens is 1800 g/mol. The summed E-state index contributed by atoms with van der Waals surface area (Å²) in [4.78, 5) is 193. The first kappa shape index (κ1) is 107. The molecule has 37 nitrogen and oxygen atoms in total. The fourth-order valence-electron chi connectivity index (χ4n) is 16.9. The normalized spacial score (nSPS) is 17.4. The first-order valence-corrected chi connectivity index (χ1v) is 47.4. The molecule has 2 aliphatic heterocycles. The van der Waals surface area contributed by atoms with E-state index in [4.69, 9.17) is 33.2 Å². The van der Waals surface area contributed by atoms with E-state index in [1.165, 1.54) is 59.5 Å². The summed E-state index contributed by atoms with van der Waals surface area (Å²) in [6, 6.07) is 28.3. The number of benzene rings is 6. The number of carboxylic acids is 1. The molecule has 7 N–H and O–H groups in total. The predicted octanol–water partition coefficient (Wildman–Crippen LogP) is 11.2. The summed E-state index contributed by atoms with van der Waals surface area (Å²) in [7, 11) is 2.77. The Morgan fingerprint density at radius 2 is 0.821 bits per heavy atom. The number of esters is 2. The van der Waals surface area contributed by atoms with Crippen molar-refractivity contribution in [3.8, 4) is 11.1 Å². The van der Waals surface area contributed by atoms with Gasteiger partial charge in [-0.05, 0) is 188 Å². The van der Waals surface area contributed by atoms with E-state index in [1.54, 1.807) is 137 Å². The van der Waals surface area contributed by atoms with Crippen molar-refractivity contribution < 1.29 is 101 Å². The third kappa shape index (κ3) is 28.2. The van der Waals surface area contributed by atoms with Crippen LogP contribution in [0.1, 0.15) is 216 Å². The van der Waals surface area contributed by atoms with Gasteiger partial charge in [0.25, 0.3) is 0 Å². The van der Waals surface area contributed by atoms with E-state index in [0.717, 1.165) is 53.6 Å². The van der Waals surface area contributed by atoms with Gasteiger partial charge in [0.05, 0.1) is 37.8 Å². The lowest BCUT2D eigenvalue weighted by atomic mass is 9.85. The molecule has 2 fully saturated rings. The van der Waals surface area contributed by atoms with Gasteiger partial charge < -0.3 is 80.0 Å². The molecule has 0 saturated carbocycles. The minimum atomic E-state index is -1.56. The Hall–Kier alpha value is -13.4.